The minimum Gasteiger partial charge on any atom is -0.479 e. The van der Waals surface area contributed by atoms with E-state index < -0.39 is 22.1 Å². The number of carbonyl (C=O) groups excluding carboxylic acids is 1. The predicted octanol–water partition coefficient (Wildman–Crippen LogP) is -1.58. The molecule has 1 aliphatic heterocycles. The van der Waals surface area contributed by atoms with Gasteiger partial charge in [0.2, 0.25) is 10.0 Å². The van der Waals surface area contributed by atoms with Gasteiger partial charge in [0.15, 0.2) is 6.10 Å². The van der Waals surface area contributed by atoms with Crippen LogP contribution in [0.4, 0.5) is 4.79 Å². The first-order chi connectivity index (χ1) is 9.29. The van der Waals surface area contributed by atoms with Gasteiger partial charge < -0.3 is 20.1 Å². The average Bonchev–Trinajstić information content (AvgIpc) is 2.37. The summed E-state index contributed by atoms with van der Waals surface area (Å²) in [7, 11) is -3.22. The van der Waals surface area contributed by atoms with Gasteiger partial charge in [0.05, 0.1) is 19.4 Å². The van der Waals surface area contributed by atoms with Crippen LogP contribution in [0.3, 0.4) is 0 Å². The number of amides is 2. The normalized spacial score (nSPS) is 19.6. The number of hydrogen-bond acceptors (Lipinski definition) is 5. The highest BCUT2D eigenvalue weighted by Gasteiger charge is 2.28. The molecule has 0 radical (unpaired) electrons. The summed E-state index contributed by atoms with van der Waals surface area (Å²) in [5.74, 6) is -1.10. The third-order valence-corrected chi connectivity index (χ3v) is 3.35. The zero-order valence-corrected chi connectivity index (χ0v) is 12.0. The lowest BCUT2D eigenvalue weighted by Crippen LogP contribution is -2.52. The molecule has 10 heteroatoms. The van der Waals surface area contributed by atoms with Crippen molar-refractivity contribution in [3.63, 3.8) is 0 Å². The minimum atomic E-state index is -3.22. The van der Waals surface area contributed by atoms with Crippen LogP contribution in [0.15, 0.2) is 0 Å². The molecule has 1 rings (SSSR count). The van der Waals surface area contributed by atoms with E-state index in [2.05, 4.69) is 10.0 Å². The molecular formula is C10H19N3O6S. The van der Waals surface area contributed by atoms with Crippen LogP contribution >= 0.6 is 0 Å². The molecule has 2 amide bonds. The van der Waals surface area contributed by atoms with Crippen LogP contribution in [0.25, 0.3) is 0 Å². The van der Waals surface area contributed by atoms with Gasteiger partial charge in [-0.15, -0.1) is 0 Å². The number of hydrogen-bond donors (Lipinski definition) is 3. The van der Waals surface area contributed by atoms with Crippen molar-refractivity contribution < 1.29 is 27.9 Å². The first kappa shape index (κ1) is 16.7. The molecule has 9 nitrogen and oxygen atoms in total. The molecule has 1 heterocycles. The van der Waals surface area contributed by atoms with Crippen LogP contribution in [-0.2, 0) is 19.6 Å². The number of morpholine rings is 1. The summed E-state index contributed by atoms with van der Waals surface area (Å²) in [6.45, 7) is 1.05. The van der Waals surface area contributed by atoms with Crippen LogP contribution in [0, 0.1) is 0 Å². The quantitative estimate of drug-likeness (QED) is 0.509. The molecule has 0 aliphatic carbocycles. The maximum Gasteiger partial charge on any atom is 0.334 e. The van der Waals surface area contributed by atoms with Crippen LogP contribution in [-0.4, -0.2) is 75.6 Å². The Morgan fingerprint density at radius 3 is 2.70 bits per heavy atom. The number of urea groups is 1. The number of ether oxygens (including phenoxy) is 1. The monoisotopic (exact) mass is 309 g/mol. The number of carboxylic acids is 1. The minimum absolute atomic E-state index is 0.00273. The van der Waals surface area contributed by atoms with Crippen molar-refractivity contribution in [3.05, 3.63) is 0 Å². The van der Waals surface area contributed by atoms with E-state index in [1.165, 1.54) is 4.90 Å². The molecule has 0 aromatic carbocycles. The summed E-state index contributed by atoms with van der Waals surface area (Å²) in [6, 6.07) is -0.376. The number of carboxylic acid groups (broad SMARTS) is 1. The van der Waals surface area contributed by atoms with Crippen LogP contribution in [0.1, 0.15) is 6.42 Å². The Balaban J connectivity index is 2.24. The Hall–Kier alpha value is -1.39. The molecular weight excluding hydrogens is 290 g/mol. The summed E-state index contributed by atoms with van der Waals surface area (Å²) in [5.41, 5.74) is 0. The SMILES string of the molecule is CS(=O)(=O)NCCCNC(=O)N1CCOC(C(=O)O)C1. The average molecular weight is 309 g/mol. The third kappa shape index (κ3) is 6.17. The Kier molecular flexibility index (Phi) is 6.17. The molecule has 1 saturated heterocycles. The van der Waals surface area contributed by atoms with E-state index in [0.29, 0.717) is 19.5 Å². The second-order valence-electron chi connectivity index (χ2n) is 4.40. The van der Waals surface area contributed by atoms with Gasteiger partial charge >= 0.3 is 12.0 Å². The molecule has 1 aliphatic rings. The van der Waals surface area contributed by atoms with Gasteiger partial charge in [-0.3, -0.25) is 0 Å². The van der Waals surface area contributed by atoms with Gasteiger partial charge in [-0.05, 0) is 6.42 Å². The van der Waals surface area contributed by atoms with Crippen LogP contribution in [0.2, 0.25) is 0 Å². The van der Waals surface area contributed by atoms with E-state index in [1.807, 2.05) is 0 Å². The summed E-state index contributed by atoms with van der Waals surface area (Å²) >= 11 is 0. The Morgan fingerprint density at radius 1 is 1.40 bits per heavy atom. The van der Waals surface area contributed by atoms with Crippen molar-refractivity contribution in [1.82, 2.24) is 14.9 Å². The Bertz CT molecular complexity index is 452. The fourth-order valence-electron chi connectivity index (χ4n) is 1.64. The van der Waals surface area contributed by atoms with Crippen molar-refractivity contribution in [2.75, 3.05) is 39.0 Å². The van der Waals surface area contributed by atoms with E-state index in [-0.39, 0.29) is 25.7 Å². The van der Waals surface area contributed by atoms with Crippen molar-refractivity contribution in [1.29, 1.82) is 0 Å². The number of aliphatic carboxylic acids is 1. The molecule has 1 atom stereocenters. The van der Waals surface area contributed by atoms with Gasteiger partial charge in [-0.2, -0.15) is 0 Å². The van der Waals surface area contributed by atoms with E-state index in [9.17, 15) is 18.0 Å². The highest BCUT2D eigenvalue weighted by atomic mass is 32.2. The molecule has 0 saturated carbocycles. The summed E-state index contributed by atoms with van der Waals surface area (Å²) in [6.07, 6.45) is 0.512. The van der Waals surface area contributed by atoms with Crippen LogP contribution in [0.5, 0.6) is 0 Å². The molecule has 116 valence electrons. The van der Waals surface area contributed by atoms with E-state index in [4.69, 9.17) is 9.84 Å². The molecule has 0 aromatic rings. The number of carbonyl (C=O) groups is 2. The highest BCUT2D eigenvalue weighted by molar-refractivity contribution is 7.88. The van der Waals surface area contributed by atoms with E-state index >= 15 is 0 Å². The summed E-state index contributed by atoms with van der Waals surface area (Å²) < 4.78 is 28.9. The van der Waals surface area contributed by atoms with Crippen LogP contribution < -0.4 is 10.0 Å². The zero-order chi connectivity index (χ0) is 15.2. The summed E-state index contributed by atoms with van der Waals surface area (Å²) in [4.78, 5) is 23.9. The third-order valence-electron chi connectivity index (χ3n) is 2.62. The van der Waals surface area contributed by atoms with Gasteiger partial charge in [0.25, 0.3) is 0 Å². The van der Waals surface area contributed by atoms with Gasteiger partial charge in [0, 0.05) is 19.6 Å². The van der Waals surface area contributed by atoms with Crippen molar-refractivity contribution in [2.24, 2.45) is 0 Å². The van der Waals surface area contributed by atoms with E-state index in [1.54, 1.807) is 0 Å². The van der Waals surface area contributed by atoms with Gasteiger partial charge in [-0.25, -0.2) is 22.7 Å². The van der Waals surface area contributed by atoms with Crippen molar-refractivity contribution in [3.8, 4) is 0 Å². The largest absolute Gasteiger partial charge is 0.479 e. The van der Waals surface area contributed by atoms with Gasteiger partial charge in [0.1, 0.15) is 0 Å². The lowest BCUT2D eigenvalue weighted by atomic mass is 10.3. The van der Waals surface area contributed by atoms with E-state index in [0.717, 1.165) is 6.26 Å². The van der Waals surface area contributed by atoms with Gasteiger partial charge in [-0.1, -0.05) is 0 Å². The van der Waals surface area contributed by atoms with Crippen molar-refractivity contribution in [2.45, 2.75) is 12.5 Å². The summed E-state index contributed by atoms with van der Waals surface area (Å²) in [5, 5.41) is 11.4. The number of rotatable bonds is 6. The first-order valence-electron chi connectivity index (χ1n) is 6.11. The number of nitrogens with zero attached hydrogens (tertiary/aromatic N) is 1. The molecule has 1 unspecified atom stereocenters. The number of nitrogens with one attached hydrogen (secondary N) is 2. The standard InChI is InChI=1S/C10H19N3O6S/c1-20(17,18)12-4-2-3-11-10(16)13-5-6-19-8(7-13)9(14)15/h8,12H,2-7H2,1H3,(H,11,16)(H,14,15). The van der Waals surface area contributed by atoms with Crippen molar-refractivity contribution >= 4 is 22.0 Å². The first-order valence-corrected chi connectivity index (χ1v) is 8.00. The fourth-order valence-corrected chi connectivity index (χ4v) is 2.15. The number of sulfonamides is 1. The zero-order valence-electron chi connectivity index (χ0n) is 11.2. The maximum absolute atomic E-state index is 11.8. The Labute approximate surface area is 117 Å². The molecule has 20 heavy (non-hydrogen) atoms. The molecule has 0 bridgehead atoms. The highest BCUT2D eigenvalue weighted by Crippen LogP contribution is 2.05. The second kappa shape index (κ2) is 7.41. The molecule has 0 aromatic heterocycles. The lowest BCUT2D eigenvalue weighted by Gasteiger charge is -2.30. The predicted molar refractivity (Wildman–Crippen MR) is 69.8 cm³/mol. The molecule has 1 fully saturated rings. The second-order valence-corrected chi connectivity index (χ2v) is 6.23. The molecule has 3 N–H and O–H groups in total. The smallest absolute Gasteiger partial charge is 0.334 e. The fraction of sp³-hybridized carbons (Fsp3) is 0.800. The lowest BCUT2D eigenvalue weighted by molar-refractivity contribution is -0.154. The molecule has 0 spiro atoms. The topological polar surface area (TPSA) is 125 Å². The maximum atomic E-state index is 11.8. The Morgan fingerprint density at radius 2 is 2.10 bits per heavy atom.